The number of aromatic nitrogens is 2. The SMILES string of the molecule is CC(C)(C)OC(=O)N1CC(N)CC1c1nc2cccc(F)c2c(=O)n1-c1cc(F)cc(F)c1. The number of hydrogen-bond donors (Lipinski definition) is 1. The molecule has 3 aromatic rings. The van der Waals surface area contributed by atoms with Crippen LogP contribution in [0.4, 0.5) is 18.0 Å². The molecule has 4 rings (SSSR count). The van der Waals surface area contributed by atoms with Gasteiger partial charge in [-0.05, 0) is 51.5 Å². The molecule has 2 heterocycles. The molecular weight excluding hydrogens is 437 g/mol. The number of rotatable bonds is 2. The lowest BCUT2D eigenvalue weighted by atomic mass is 10.1. The Morgan fingerprint density at radius 3 is 2.45 bits per heavy atom. The minimum atomic E-state index is -0.927. The molecule has 2 aromatic carbocycles. The molecule has 1 fully saturated rings. The summed E-state index contributed by atoms with van der Waals surface area (Å²) in [5.74, 6) is -2.68. The van der Waals surface area contributed by atoms with Crippen molar-refractivity contribution in [1.29, 1.82) is 0 Å². The van der Waals surface area contributed by atoms with Gasteiger partial charge in [0.25, 0.3) is 5.56 Å². The van der Waals surface area contributed by atoms with Crippen molar-refractivity contribution in [2.45, 2.75) is 44.9 Å². The van der Waals surface area contributed by atoms with Gasteiger partial charge < -0.3 is 10.5 Å². The average molecular weight is 460 g/mol. The standard InChI is InChI=1S/C23H23F3N4O3/c1-23(2,3)33-22(32)29-11-14(27)10-18(29)20-28-17-6-4-5-16(26)19(17)21(31)30(20)15-8-12(24)7-13(25)9-15/h4-9,14,18H,10-11,27H2,1-3H3. The summed E-state index contributed by atoms with van der Waals surface area (Å²) in [5.41, 5.74) is 4.33. The number of nitrogens with two attached hydrogens (primary N) is 1. The summed E-state index contributed by atoms with van der Waals surface area (Å²) in [6.45, 7) is 5.24. The van der Waals surface area contributed by atoms with Crippen LogP contribution in [0.25, 0.3) is 16.6 Å². The van der Waals surface area contributed by atoms with E-state index in [4.69, 9.17) is 10.5 Å². The lowest BCUT2D eigenvalue weighted by Crippen LogP contribution is -2.39. The maximum atomic E-state index is 14.6. The zero-order chi connectivity index (χ0) is 24.1. The van der Waals surface area contributed by atoms with Gasteiger partial charge in [-0.2, -0.15) is 0 Å². The maximum Gasteiger partial charge on any atom is 0.410 e. The first kappa shape index (κ1) is 22.8. The van der Waals surface area contributed by atoms with Gasteiger partial charge in [-0.15, -0.1) is 0 Å². The van der Waals surface area contributed by atoms with E-state index in [-0.39, 0.29) is 35.4 Å². The van der Waals surface area contributed by atoms with Crippen molar-refractivity contribution in [2.75, 3.05) is 6.54 Å². The van der Waals surface area contributed by atoms with Crippen molar-refractivity contribution in [3.63, 3.8) is 0 Å². The topological polar surface area (TPSA) is 90.5 Å². The first-order chi connectivity index (χ1) is 15.4. The molecule has 174 valence electrons. The Morgan fingerprint density at radius 1 is 1.15 bits per heavy atom. The summed E-state index contributed by atoms with van der Waals surface area (Å²) in [6, 6.07) is 5.17. The predicted octanol–water partition coefficient (Wildman–Crippen LogP) is 3.81. The van der Waals surface area contributed by atoms with E-state index in [0.29, 0.717) is 6.07 Å². The van der Waals surface area contributed by atoms with E-state index < -0.39 is 46.8 Å². The lowest BCUT2D eigenvalue weighted by Gasteiger charge is -2.29. The number of halogens is 3. The van der Waals surface area contributed by atoms with Gasteiger partial charge in [-0.1, -0.05) is 6.07 Å². The normalized spacial score (nSPS) is 18.7. The van der Waals surface area contributed by atoms with Crippen molar-refractivity contribution < 1.29 is 22.7 Å². The van der Waals surface area contributed by atoms with Gasteiger partial charge in [0.05, 0.1) is 17.2 Å². The Kier molecular flexibility index (Phi) is 5.65. The first-order valence-corrected chi connectivity index (χ1v) is 10.4. The highest BCUT2D eigenvalue weighted by atomic mass is 19.1. The Morgan fingerprint density at radius 2 is 1.82 bits per heavy atom. The number of ether oxygens (including phenoxy) is 1. The number of amides is 1. The van der Waals surface area contributed by atoms with Gasteiger partial charge in [0, 0.05) is 18.7 Å². The molecule has 1 amide bonds. The minimum Gasteiger partial charge on any atom is -0.444 e. The Labute approximate surface area is 187 Å². The first-order valence-electron chi connectivity index (χ1n) is 10.4. The van der Waals surface area contributed by atoms with Crippen LogP contribution >= 0.6 is 0 Å². The molecule has 33 heavy (non-hydrogen) atoms. The van der Waals surface area contributed by atoms with Gasteiger partial charge in [-0.25, -0.2) is 22.9 Å². The molecule has 2 atom stereocenters. The third-order valence-corrected chi connectivity index (χ3v) is 5.24. The summed E-state index contributed by atoms with van der Waals surface area (Å²) in [5, 5.41) is -0.336. The molecule has 2 N–H and O–H groups in total. The second kappa shape index (κ2) is 8.18. The summed E-state index contributed by atoms with van der Waals surface area (Å²) in [6.07, 6.45) is -0.462. The average Bonchev–Trinajstić information content (AvgIpc) is 3.07. The highest BCUT2D eigenvalue weighted by molar-refractivity contribution is 5.79. The van der Waals surface area contributed by atoms with E-state index in [9.17, 15) is 22.8 Å². The number of likely N-dealkylation sites (tertiary alicyclic amines) is 1. The predicted molar refractivity (Wildman–Crippen MR) is 115 cm³/mol. The van der Waals surface area contributed by atoms with Gasteiger partial charge in [0.1, 0.15) is 34.3 Å². The molecule has 0 aliphatic carbocycles. The lowest BCUT2D eigenvalue weighted by molar-refractivity contribution is 0.0215. The van der Waals surface area contributed by atoms with Crippen molar-refractivity contribution in [1.82, 2.24) is 14.5 Å². The summed E-state index contributed by atoms with van der Waals surface area (Å²) in [4.78, 5) is 32.1. The highest BCUT2D eigenvalue weighted by Crippen LogP contribution is 2.33. The minimum absolute atomic E-state index is 0.00177. The third kappa shape index (κ3) is 4.43. The van der Waals surface area contributed by atoms with Crippen molar-refractivity contribution >= 4 is 17.0 Å². The molecule has 10 heteroatoms. The van der Waals surface area contributed by atoms with Crippen LogP contribution in [0.1, 0.15) is 39.1 Å². The van der Waals surface area contributed by atoms with Crippen molar-refractivity contribution in [2.24, 2.45) is 5.73 Å². The van der Waals surface area contributed by atoms with Crippen LogP contribution in [0.15, 0.2) is 41.2 Å². The van der Waals surface area contributed by atoms with Crippen molar-refractivity contribution in [3.8, 4) is 5.69 Å². The zero-order valence-electron chi connectivity index (χ0n) is 18.3. The monoisotopic (exact) mass is 460 g/mol. The fourth-order valence-corrected chi connectivity index (χ4v) is 3.98. The summed E-state index contributed by atoms with van der Waals surface area (Å²) < 4.78 is 49.1. The van der Waals surface area contributed by atoms with Crippen LogP contribution < -0.4 is 11.3 Å². The molecule has 1 aliphatic heterocycles. The quantitative estimate of drug-likeness (QED) is 0.628. The number of fused-ring (bicyclic) bond motifs is 1. The Bertz CT molecular complexity index is 1280. The van der Waals surface area contributed by atoms with Gasteiger partial charge in [0.2, 0.25) is 0 Å². The van der Waals surface area contributed by atoms with E-state index in [2.05, 4.69) is 4.98 Å². The van der Waals surface area contributed by atoms with Crippen molar-refractivity contribution in [3.05, 3.63) is 70.0 Å². The fraction of sp³-hybridized carbons (Fsp3) is 0.348. The molecule has 7 nitrogen and oxygen atoms in total. The van der Waals surface area contributed by atoms with E-state index in [1.54, 1.807) is 20.8 Å². The zero-order valence-corrected chi connectivity index (χ0v) is 18.3. The van der Waals surface area contributed by atoms with Crippen LogP contribution in [-0.4, -0.2) is 38.7 Å². The molecule has 1 saturated heterocycles. The van der Waals surface area contributed by atoms with Crippen LogP contribution in [0.3, 0.4) is 0 Å². The second-order valence-electron chi connectivity index (χ2n) is 9.02. The third-order valence-electron chi connectivity index (χ3n) is 5.24. The number of hydrogen-bond acceptors (Lipinski definition) is 5. The molecule has 1 aliphatic rings. The second-order valence-corrected chi connectivity index (χ2v) is 9.02. The van der Waals surface area contributed by atoms with E-state index >= 15 is 0 Å². The fourth-order valence-electron chi connectivity index (χ4n) is 3.98. The Balaban J connectivity index is 1.98. The van der Waals surface area contributed by atoms with Crippen LogP contribution in [0.5, 0.6) is 0 Å². The smallest absolute Gasteiger partial charge is 0.410 e. The van der Waals surface area contributed by atoms with Crippen LogP contribution in [0.2, 0.25) is 0 Å². The molecule has 2 unspecified atom stereocenters. The molecule has 0 saturated carbocycles. The van der Waals surface area contributed by atoms with E-state index in [0.717, 1.165) is 22.8 Å². The van der Waals surface area contributed by atoms with E-state index in [1.165, 1.54) is 17.0 Å². The maximum absolute atomic E-state index is 14.6. The molecule has 0 spiro atoms. The molecular formula is C23H23F3N4O3. The van der Waals surface area contributed by atoms with Crippen LogP contribution in [0, 0.1) is 17.5 Å². The van der Waals surface area contributed by atoms with E-state index in [1.807, 2.05) is 0 Å². The highest BCUT2D eigenvalue weighted by Gasteiger charge is 2.40. The Hall–Kier alpha value is -3.40. The largest absolute Gasteiger partial charge is 0.444 e. The number of carbonyl (C=O) groups excluding carboxylic acids is 1. The van der Waals surface area contributed by atoms with Gasteiger partial charge in [-0.3, -0.25) is 14.3 Å². The summed E-state index contributed by atoms with van der Waals surface area (Å²) >= 11 is 0. The number of carbonyl (C=O) groups is 1. The molecule has 1 aromatic heterocycles. The number of benzene rings is 2. The van der Waals surface area contributed by atoms with Crippen LogP contribution in [-0.2, 0) is 4.74 Å². The van der Waals surface area contributed by atoms with Gasteiger partial charge in [0.15, 0.2) is 0 Å². The number of nitrogens with zero attached hydrogens (tertiary/aromatic N) is 3. The summed E-state index contributed by atoms with van der Waals surface area (Å²) in [7, 11) is 0. The molecule has 0 radical (unpaired) electrons. The molecule has 0 bridgehead atoms. The van der Waals surface area contributed by atoms with Gasteiger partial charge >= 0.3 is 6.09 Å².